The number of carbonyl (C=O) groups is 1. The van der Waals surface area contributed by atoms with Gasteiger partial charge in [-0.2, -0.15) is 18.3 Å². The Kier molecular flexibility index (Phi) is 7.20. The van der Waals surface area contributed by atoms with Crippen molar-refractivity contribution in [2.45, 2.75) is 13.1 Å². The minimum absolute atomic E-state index is 0.0158. The van der Waals surface area contributed by atoms with Gasteiger partial charge >= 0.3 is 12.2 Å². The molecule has 2 aromatic heterocycles. The molecule has 0 aliphatic carbocycles. The fourth-order valence-corrected chi connectivity index (χ4v) is 3.47. The number of anilines is 2. The number of nitrogens with one attached hydrogen (secondary N) is 2. The average molecular weight is 497 g/mol. The van der Waals surface area contributed by atoms with E-state index in [9.17, 15) is 18.0 Å². The molecule has 0 saturated heterocycles. The lowest BCUT2D eigenvalue weighted by molar-refractivity contribution is -0.137. The number of benzene rings is 2. The Morgan fingerprint density at radius 2 is 1.86 bits per heavy atom. The second-order valence-corrected chi connectivity index (χ2v) is 7.78. The number of ether oxygens (including phenoxy) is 1. The smallest absolute Gasteiger partial charge is 0.416 e. The Hall–Kier alpha value is -4.38. The van der Waals surface area contributed by atoms with Gasteiger partial charge in [0, 0.05) is 41.1 Å². The van der Waals surface area contributed by atoms with Crippen LogP contribution in [0, 0.1) is 6.92 Å². The predicted octanol–water partition coefficient (Wildman–Crippen LogP) is 5.28. The first-order valence-corrected chi connectivity index (χ1v) is 10.8. The summed E-state index contributed by atoms with van der Waals surface area (Å²) in [5.74, 6) is 0.553. The van der Waals surface area contributed by atoms with Gasteiger partial charge in [0.1, 0.15) is 12.4 Å². The third kappa shape index (κ3) is 5.81. The maximum absolute atomic E-state index is 12.9. The maximum atomic E-state index is 12.9. The Morgan fingerprint density at radius 3 is 2.61 bits per heavy atom. The summed E-state index contributed by atoms with van der Waals surface area (Å²) in [4.78, 5) is 16.6. The molecule has 3 N–H and O–H groups in total. The molecule has 11 heteroatoms. The van der Waals surface area contributed by atoms with Crippen LogP contribution < -0.4 is 15.4 Å². The normalized spacial score (nSPS) is 11.2. The lowest BCUT2D eigenvalue weighted by Gasteiger charge is -2.12. The Labute approximate surface area is 204 Å². The van der Waals surface area contributed by atoms with Crippen molar-refractivity contribution in [2.75, 3.05) is 23.8 Å². The number of aromatic nitrogens is 3. The van der Waals surface area contributed by atoms with E-state index < -0.39 is 17.8 Å². The molecule has 186 valence electrons. The Morgan fingerprint density at radius 1 is 1.08 bits per heavy atom. The van der Waals surface area contributed by atoms with Crippen LogP contribution in [-0.4, -0.2) is 39.1 Å². The number of aryl methyl sites for hydroxylation is 1. The van der Waals surface area contributed by atoms with Crippen molar-refractivity contribution in [1.82, 2.24) is 14.8 Å². The maximum Gasteiger partial charge on any atom is 0.416 e. The van der Waals surface area contributed by atoms with Crippen molar-refractivity contribution < 1.29 is 27.8 Å². The van der Waals surface area contributed by atoms with Crippen molar-refractivity contribution in [3.63, 3.8) is 0 Å². The molecule has 2 heterocycles. The molecule has 36 heavy (non-hydrogen) atoms. The highest BCUT2D eigenvalue weighted by Crippen LogP contribution is 2.31. The van der Waals surface area contributed by atoms with Crippen molar-refractivity contribution in [1.29, 1.82) is 0 Å². The van der Waals surface area contributed by atoms with Gasteiger partial charge in [-0.3, -0.25) is 4.98 Å². The Bertz CT molecular complexity index is 1370. The third-order valence-corrected chi connectivity index (χ3v) is 5.19. The summed E-state index contributed by atoms with van der Waals surface area (Å²) in [7, 11) is 0. The number of pyridine rings is 1. The van der Waals surface area contributed by atoms with Crippen LogP contribution in [-0.2, 0) is 6.18 Å². The van der Waals surface area contributed by atoms with Crippen LogP contribution in [0.4, 0.5) is 29.3 Å². The topological polar surface area (TPSA) is 101 Å². The molecule has 0 fully saturated rings. The van der Waals surface area contributed by atoms with E-state index in [1.165, 1.54) is 12.1 Å². The van der Waals surface area contributed by atoms with Gasteiger partial charge in [0.2, 0.25) is 0 Å². The Balaban J connectivity index is 1.52. The number of amides is 2. The number of aliphatic hydroxyl groups is 1. The standard InChI is InChI=1S/C25H22F3N5O3/c1-16-5-6-20(32-24(35)31-19-4-2-3-18(11-19)25(26,27)28)12-22(16)33-15-17(13-30-33)21-14-29-8-7-23(21)36-10-9-34/h2-8,11-15,34H,9-10H2,1H3,(H2,31,32,35). The molecular formula is C25H22F3N5O3. The van der Waals surface area contributed by atoms with Gasteiger partial charge in [-0.25, -0.2) is 9.48 Å². The van der Waals surface area contributed by atoms with Gasteiger partial charge in [-0.1, -0.05) is 12.1 Å². The highest BCUT2D eigenvalue weighted by molar-refractivity contribution is 6.00. The van der Waals surface area contributed by atoms with Crippen molar-refractivity contribution in [3.8, 4) is 22.6 Å². The van der Waals surface area contributed by atoms with Crippen molar-refractivity contribution >= 4 is 17.4 Å². The molecule has 0 radical (unpaired) electrons. The van der Waals surface area contributed by atoms with Crippen LogP contribution in [0.2, 0.25) is 0 Å². The number of aliphatic hydroxyl groups excluding tert-OH is 1. The van der Waals surface area contributed by atoms with Gasteiger partial charge in [-0.15, -0.1) is 0 Å². The highest BCUT2D eigenvalue weighted by atomic mass is 19.4. The van der Waals surface area contributed by atoms with Crippen LogP contribution in [0.3, 0.4) is 0 Å². The monoisotopic (exact) mass is 497 g/mol. The van der Waals surface area contributed by atoms with Gasteiger partial charge in [-0.05, 0) is 48.9 Å². The molecule has 4 rings (SSSR count). The quantitative estimate of drug-likeness (QED) is 0.323. The molecule has 0 bridgehead atoms. The van der Waals surface area contributed by atoms with E-state index in [0.717, 1.165) is 23.3 Å². The first-order valence-electron chi connectivity index (χ1n) is 10.8. The first-order chi connectivity index (χ1) is 17.2. The fourth-order valence-electron chi connectivity index (χ4n) is 3.47. The largest absolute Gasteiger partial charge is 0.490 e. The number of halogens is 3. The van der Waals surface area contributed by atoms with Crippen LogP contribution in [0.1, 0.15) is 11.1 Å². The summed E-state index contributed by atoms with van der Waals surface area (Å²) in [5, 5.41) is 18.5. The zero-order valence-electron chi connectivity index (χ0n) is 19.1. The van der Waals surface area contributed by atoms with E-state index in [-0.39, 0.29) is 18.9 Å². The van der Waals surface area contributed by atoms with Crippen LogP contribution in [0.5, 0.6) is 5.75 Å². The summed E-state index contributed by atoms with van der Waals surface area (Å²) in [5.41, 5.74) is 2.57. The van der Waals surface area contributed by atoms with Crippen LogP contribution in [0.25, 0.3) is 16.8 Å². The second-order valence-electron chi connectivity index (χ2n) is 7.78. The molecule has 0 aliphatic rings. The molecular weight excluding hydrogens is 475 g/mol. The fraction of sp³-hybridized carbons (Fsp3) is 0.160. The number of hydrogen-bond acceptors (Lipinski definition) is 5. The third-order valence-electron chi connectivity index (χ3n) is 5.19. The number of nitrogens with zero attached hydrogens (tertiary/aromatic N) is 3. The number of hydrogen-bond donors (Lipinski definition) is 3. The minimum Gasteiger partial charge on any atom is -0.490 e. The molecule has 8 nitrogen and oxygen atoms in total. The van der Waals surface area contributed by atoms with Gasteiger partial charge < -0.3 is 20.5 Å². The lowest BCUT2D eigenvalue weighted by Crippen LogP contribution is -2.20. The average Bonchev–Trinajstić information content (AvgIpc) is 3.33. The highest BCUT2D eigenvalue weighted by Gasteiger charge is 2.30. The van der Waals surface area contributed by atoms with E-state index >= 15 is 0 Å². The second kappa shape index (κ2) is 10.5. The number of alkyl halides is 3. The van der Waals surface area contributed by atoms with Gasteiger partial charge in [0.05, 0.1) is 24.1 Å². The van der Waals surface area contributed by atoms with Gasteiger partial charge in [0.25, 0.3) is 0 Å². The van der Waals surface area contributed by atoms with Crippen molar-refractivity contribution in [3.05, 3.63) is 84.4 Å². The van der Waals surface area contributed by atoms with E-state index in [0.29, 0.717) is 22.7 Å². The first kappa shape index (κ1) is 24.7. The summed E-state index contributed by atoms with van der Waals surface area (Å²) >= 11 is 0. The zero-order valence-corrected chi connectivity index (χ0v) is 19.1. The van der Waals surface area contributed by atoms with Gasteiger partial charge in [0.15, 0.2) is 0 Å². The van der Waals surface area contributed by atoms with E-state index in [2.05, 4.69) is 20.7 Å². The van der Waals surface area contributed by atoms with Crippen LogP contribution in [0.15, 0.2) is 73.3 Å². The molecule has 4 aromatic rings. The number of rotatable bonds is 7. The predicted molar refractivity (Wildman–Crippen MR) is 128 cm³/mol. The van der Waals surface area contributed by atoms with E-state index in [1.807, 2.05) is 6.92 Å². The summed E-state index contributed by atoms with van der Waals surface area (Å²) in [6, 6.07) is 10.6. The molecule has 2 amide bonds. The lowest BCUT2D eigenvalue weighted by atomic mass is 10.1. The van der Waals surface area contributed by atoms with Crippen LogP contribution >= 0.6 is 0 Å². The minimum atomic E-state index is -4.51. The summed E-state index contributed by atoms with van der Waals surface area (Å²) in [6.07, 6.45) is 2.13. The zero-order chi connectivity index (χ0) is 25.7. The number of carbonyl (C=O) groups excluding carboxylic acids is 1. The van der Waals surface area contributed by atoms with E-state index in [1.54, 1.807) is 53.7 Å². The molecule has 0 aliphatic heterocycles. The SMILES string of the molecule is Cc1ccc(NC(=O)Nc2cccc(C(F)(F)F)c2)cc1-n1cc(-c2cnccc2OCCO)cn1. The molecule has 0 unspecified atom stereocenters. The molecule has 0 spiro atoms. The summed E-state index contributed by atoms with van der Waals surface area (Å²) < 4.78 is 46.0. The number of urea groups is 1. The van der Waals surface area contributed by atoms with E-state index in [4.69, 9.17) is 9.84 Å². The molecule has 0 saturated carbocycles. The molecule has 0 atom stereocenters. The van der Waals surface area contributed by atoms with Crippen molar-refractivity contribution in [2.24, 2.45) is 0 Å². The molecule has 2 aromatic carbocycles. The summed E-state index contributed by atoms with van der Waals surface area (Å²) in [6.45, 7) is 1.89.